The van der Waals surface area contributed by atoms with E-state index in [9.17, 15) is 27.9 Å². The Labute approximate surface area is 187 Å². The number of benzene rings is 1. The third-order valence-electron chi connectivity index (χ3n) is 5.83. The lowest BCUT2D eigenvalue weighted by atomic mass is 10.2. The summed E-state index contributed by atoms with van der Waals surface area (Å²) in [5.41, 5.74) is -2.00. The van der Waals surface area contributed by atoms with Gasteiger partial charge in [0.1, 0.15) is 11.3 Å². The molecule has 0 saturated carbocycles. The smallest absolute Gasteiger partial charge is 0.390 e. The van der Waals surface area contributed by atoms with Crippen molar-refractivity contribution >= 4 is 16.7 Å². The molecular formula is C22H24F3N5O3. The Morgan fingerprint density at radius 2 is 1.67 bits per heavy atom. The Kier molecular flexibility index (Phi) is 6.26. The summed E-state index contributed by atoms with van der Waals surface area (Å²) in [6, 6.07) is 11.7. The number of aryl methyl sites for hydroxylation is 1. The van der Waals surface area contributed by atoms with Crippen LogP contribution in [0.5, 0.6) is 0 Å². The lowest BCUT2D eigenvalue weighted by Crippen LogP contribution is -2.50. The molecular weight excluding hydrogens is 439 g/mol. The molecule has 1 fully saturated rings. The summed E-state index contributed by atoms with van der Waals surface area (Å²) in [5.74, 6) is 0. The van der Waals surface area contributed by atoms with Crippen molar-refractivity contribution in [1.82, 2.24) is 19.0 Å². The van der Waals surface area contributed by atoms with Crippen LogP contribution in [0.2, 0.25) is 0 Å². The third-order valence-corrected chi connectivity index (χ3v) is 5.83. The molecule has 3 aromatic rings. The minimum absolute atomic E-state index is 0.117. The van der Waals surface area contributed by atoms with Gasteiger partial charge in [0.15, 0.2) is 0 Å². The predicted molar refractivity (Wildman–Crippen MR) is 117 cm³/mol. The Balaban J connectivity index is 1.47. The molecule has 3 heterocycles. The second-order valence-electron chi connectivity index (χ2n) is 8.10. The van der Waals surface area contributed by atoms with Gasteiger partial charge >= 0.3 is 11.9 Å². The molecule has 0 aliphatic carbocycles. The second-order valence-corrected chi connectivity index (χ2v) is 8.10. The molecule has 1 atom stereocenters. The van der Waals surface area contributed by atoms with E-state index in [0.29, 0.717) is 19.2 Å². The van der Waals surface area contributed by atoms with Crippen molar-refractivity contribution in [1.29, 1.82) is 0 Å². The van der Waals surface area contributed by atoms with Crippen molar-refractivity contribution in [2.24, 2.45) is 7.05 Å². The van der Waals surface area contributed by atoms with E-state index in [1.54, 1.807) is 0 Å². The topological polar surface area (TPSA) is 83.6 Å². The van der Waals surface area contributed by atoms with Crippen LogP contribution >= 0.6 is 0 Å². The van der Waals surface area contributed by atoms with Crippen LogP contribution in [0.25, 0.3) is 11.0 Å². The molecule has 0 radical (unpaired) electrons. The lowest BCUT2D eigenvalue weighted by molar-refractivity contribution is -0.141. The standard InChI is InChI=1S/C22H24F3N5O3/c1-27-19-17(7-8-18(26-19)22(23,24)25)20(32)30(21(27)33)14-16(31)13-28-9-11-29(12-10-28)15-5-3-2-4-6-15/h2-8,16,31H,9-14H2,1H3. The van der Waals surface area contributed by atoms with Crippen molar-refractivity contribution in [3.63, 3.8) is 0 Å². The minimum atomic E-state index is -4.69. The van der Waals surface area contributed by atoms with Crippen molar-refractivity contribution in [2.45, 2.75) is 18.8 Å². The summed E-state index contributed by atoms with van der Waals surface area (Å²) in [5, 5.41) is 10.5. The van der Waals surface area contributed by atoms with Gasteiger partial charge in [-0.05, 0) is 24.3 Å². The summed E-state index contributed by atoms with van der Waals surface area (Å²) in [6.07, 6.45) is -5.70. The van der Waals surface area contributed by atoms with Crippen LogP contribution in [0, 0.1) is 0 Å². The Bertz CT molecular complexity index is 1250. The van der Waals surface area contributed by atoms with Crippen LogP contribution < -0.4 is 16.1 Å². The van der Waals surface area contributed by atoms with Gasteiger partial charge in [-0.1, -0.05) is 18.2 Å². The Morgan fingerprint density at radius 1 is 1.00 bits per heavy atom. The molecule has 176 valence electrons. The first-order chi connectivity index (χ1) is 15.6. The molecule has 0 spiro atoms. The van der Waals surface area contributed by atoms with E-state index < -0.39 is 29.2 Å². The number of rotatable bonds is 5. The number of piperazine rings is 1. The normalized spacial score (nSPS) is 16.3. The van der Waals surface area contributed by atoms with Crippen LogP contribution in [0.15, 0.2) is 52.1 Å². The number of aromatic nitrogens is 3. The van der Waals surface area contributed by atoms with E-state index in [4.69, 9.17) is 0 Å². The lowest BCUT2D eigenvalue weighted by Gasteiger charge is -2.36. The number of halogens is 3. The summed E-state index contributed by atoms with van der Waals surface area (Å²) < 4.78 is 40.7. The highest BCUT2D eigenvalue weighted by molar-refractivity contribution is 5.74. The molecule has 1 aliphatic rings. The van der Waals surface area contributed by atoms with E-state index in [0.717, 1.165) is 34.0 Å². The quantitative estimate of drug-likeness (QED) is 0.614. The Hall–Kier alpha value is -3.18. The van der Waals surface area contributed by atoms with Gasteiger partial charge in [0.05, 0.1) is 18.0 Å². The van der Waals surface area contributed by atoms with Crippen molar-refractivity contribution in [3.8, 4) is 0 Å². The molecule has 2 aromatic heterocycles. The van der Waals surface area contributed by atoms with Crippen molar-refractivity contribution < 1.29 is 18.3 Å². The van der Waals surface area contributed by atoms with Crippen LogP contribution in [0.3, 0.4) is 0 Å². The summed E-state index contributed by atoms with van der Waals surface area (Å²) in [4.78, 5) is 33.2. The number of alkyl halides is 3. The number of β-amino-alcohol motifs (C(OH)–C–C–N with tert-alkyl or cyclic N) is 1. The number of aliphatic hydroxyl groups is 1. The highest BCUT2D eigenvalue weighted by Crippen LogP contribution is 2.28. The molecule has 1 aromatic carbocycles. The van der Waals surface area contributed by atoms with E-state index in [-0.39, 0.29) is 24.1 Å². The van der Waals surface area contributed by atoms with Gasteiger partial charge in [0, 0.05) is 45.5 Å². The van der Waals surface area contributed by atoms with Gasteiger partial charge in [-0.3, -0.25) is 18.8 Å². The summed E-state index contributed by atoms with van der Waals surface area (Å²) >= 11 is 0. The molecule has 11 heteroatoms. The SMILES string of the molecule is Cn1c(=O)n(CC(O)CN2CCN(c3ccccc3)CC2)c(=O)c2ccc(C(F)(F)F)nc21. The highest BCUT2D eigenvalue weighted by atomic mass is 19.4. The van der Waals surface area contributed by atoms with Crippen LogP contribution in [-0.4, -0.2) is 63.0 Å². The fourth-order valence-corrected chi connectivity index (χ4v) is 4.09. The predicted octanol–water partition coefficient (Wildman–Crippen LogP) is 1.30. The van der Waals surface area contributed by atoms with Crippen molar-refractivity contribution in [2.75, 3.05) is 37.6 Å². The number of para-hydroxylation sites is 1. The first-order valence-corrected chi connectivity index (χ1v) is 10.5. The molecule has 8 nitrogen and oxygen atoms in total. The van der Waals surface area contributed by atoms with Crippen LogP contribution in [-0.2, 0) is 19.8 Å². The van der Waals surface area contributed by atoms with E-state index in [2.05, 4.69) is 14.8 Å². The van der Waals surface area contributed by atoms with Gasteiger partial charge < -0.3 is 10.0 Å². The minimum Gasteiger partial charge on any atom is -0.390 e. The van der Waals surface area contributed by atoms with Gasteiger partial charge in [-0.15, -0.1) is 0 Å². The highest BCUT2D eigenvalue weighted by Gasteiger charge is 2.33. The maximum atomic E-state index is 13.0. The number of anilines is 1. The second kappa shape index (κ2) is 8.99. The number of aliphatic hydroxyl groups excluding tert-OH is 1. The monoisotopic (exact) mass is 463 g/mol. The summed E-state index contributed by atoms with van der Waals surface area (Å²) in [6.45, 7) is 2.98. The largest absolute Gasteiger partial charge is 0.433 e. The third kappa shape index (κ3) is 4.79. The average Bonchev–Trinajstić information content (AvgIpc) is 2.80. The van der Waals surface area contributed by atoms with Gasteiger partial charge in [-0.25, -0.2) is 9.78 Å². The fourth-order valence-electron chi connectivity index (χ4n) is 4.09. The van der Waals surface area contributed by atoms with E-state index >= 15 is 0 Å². The number of hydrogen-bond donors (Lipinski definition) is 1. The van der Waals surface area contributed by atoms with E-state index in [1.807, 2.05) is 30.3 Å². The van der Waals surface area contributed by atoms with Crippen LogP contribution in [0.1, 0.15) is 5.69 Å². The molecule has 0 bridgehead atoms. The molecule has 1 N–H and O–H groups in total. The van der Waals surface area contributed by atoms with Crippen molar-refractivity contribution in [3.05, 3.63) is 69.0 Å². The van der Waals surface area contributed by atoms with Gasteiger partial charge in [-0.2, -0.15) is 13.2 Å². The van der Waals surface area contributed by atoms with E-state index in [1.165, 1.54) is 7.05 Å². The average molecular weight is 463 g/mol. The maximum Gasteiger partial charge on any atom is 0.433 e. The molecule has 4 rings (SSSR count). The first-order valence-electron chi connectivity index (χ1n) is 10.5. The number of fused-ring (bicyclic) bond motifs is 1. The first kappa shape index (κ1) is 23.0. The zero-order valence-electron chi connectivity index (χ0n) is 18.0. The molecule has 33 heavy (non-hydrogen) atoms. The number of pyridine rings is 1. The van der Waals surface area contributed by atoms with Gasteiger partial charge in [0.25, 0.3) is 5.56 Å². The molecule has 1 aliphatic heterocycles. The molecule has 1 saturated heterocycles. The fraction of sp³-hybridized carbons (Fsp3) is 0.409. The van der Waals surface area contributed by atoms with Crippen LogP contribution in [0.4, 0.5) is 18.9 Å². The number of hydrogen-bond acceptors (Lipinski definition) is 6. The van der Waals surface area contributed by atoms with Gasteiger partial charge in [0.2, 0.25) is 0 Å². The summed E-state index contributed by atoms with van der Waals surface area (Å²) in [7, 11) is 1.25. The maximum absolute atomic E-state index is 13.0. The molecule has 0 amide bonds. The zero-order valence-corrected chi connectivity index (χ0v) is 18.0. The zero-order chi connectivity index (χ0) is 23.8. The molecule has 1 unspecified atom stereocenters. The Morgan fingerprint density at radius 3 is 2.30 bits per heavy atom. The number of nitrogens with zero attached hydrogens (tertiary/aromatic N) is 5.